The second-order valence-electron chi connectivity index (χ2n) is 4.21. The van der Waals surface area contributed by atoms with Crippen molar-refractivity contribution in [3.8, 4) is 0 Å². The first-order chi connectivity index (χ1) is 8.74. The Hall–Kier alpha value is -2.38. The first-order valence-corrected chi connectivity index (χ1v) is 5.67. The molecule has 94 valence electrons. The van der Waals surface area contributed by atoms with Gasteiger partial charge in [-0.1, -0.05) is 0 Å². The maximum atomic E-state index is 12.0. The van der Waals surface area contributed by atoms with Crippen LogP contribution >= 0.6 is 0 Å². The number of carbonyl (C=O) groups is 1. The van der Waals surface area contributed by atoms with Crippen LogP contribution in [0, 0.1) is 0 Å². The second kappa shape index (κ2) is 4.13. The number of amides is 1. The minimum atomic E-state index is -0.471. The smallest absolute Gasteiger partial charge is 0.334 e. The molecular formula is C10H12N6O2. The Morgan fingerprint density at radius 3 is 3.06 bits per heavy atom. The van der Waals surface area contributed by atoms with Crippen LogP contribution < -0.4 is 5.69 Å². The molecule has 2 aromatic rings. The van der Waals surface area contributed by atoms with Crippen molar-refractivity contribution in [1.29, 1.82) is 0 Å². The molecule has 1 atom stereocenters. The number of nitrogens with one attached hydrogen (secondary N) is 2. The third kappa shape index (κ3) is 1.81. The summed E-state index contributed by atoms with van der Waals surface area (Å²) in [5.74, 6) is -0.205. The van der Waals surface area contributed by atoms with Crippen molar-refractivity contribution in [2.45, 2.75) is 12.5 Å². The molecular weight excluding hydrogens is 236 g/mol. The van der Waals surface area contributed by atoms with Crippen molar-refractivity contribution in [2.24, 2.45) is 0 Å². The average Bonchev–Trinajstić information content (AvgIpc) is 3.09. The fraction of sp³-hybridized carbons (Fsp3) is 0.400. The minimum Gasteiger partial charge on any atom is -0.334 e. The first-order valence-electron chi connectivity index (χ1n) is 5.67. The first kappa shape index (κ1) is 10.8. The van der Waals surface area contributed by atoms with E-state index in [-0.39, 0.29) is 17.8 Å². The lowest BCUT2D eigenvalue weighted by Crippen LogP contribution is -2.30. The molecule has 8 heteroatoms. The molecule has 2 aromatic heterocycles. The van der Waals surface area contributed by atoms with E-state index >= 15 is 0 Å². The van der Waals surface area contributed by atoms with Crippen LogP contribution in [0.15, 0.2) is 23.3 Å². The largest absolute Gasteiger partial charge is 0.341 e. The van der Waals surface area contributed by atoms with Crippen LogP contribution in [0.2, 0.25) is 0 Å². The molecule has 0 saturated carbocycles. The van der Waals surface area contributed by atoms with Crippen molar-refractivity contribution < 1.29 is 4.79 Å². The van der Waals surface area contributed by atoms with E-state index < -0.39 is 5.69 Å². The van der Waals surface area contributed by atoms with Crippen LogP contribution in [0.4, 0.5) is 0 Å². The summed E-state index contributed by atoms with van der Waals surface area (Å²) in [6.45, 7) is 1.22. The summed E-state index contributed by atoms with van der Waals surface area (Å²) in [5.41, 5.74) is -0.471. The number of carbonyl (C=O) groups excluding carboxylic acids is 1. The van der Waals surface area contributed by atoms with E-state index in [0.717, 1.165) is 6.42 Å². The van der Waals surface area contributed by atoms with Crippen molar-refractivity contribution in [3.63, 3.8) is 0 Å². The summed E-state index contributed by atoms with van der Waals surface area (Å²) < 4.78 is 1.85. The van der Waals surface area contributed by atoms with Crippen molar-refractivity contribution in [3.05, 3.63) is 34.8 Å². The molecule has 0 aromatic carbocycles. The molecule has 2 N–H and O–H groups in total. The van der Waals surface area contributed by atoms with E-state index in [9.17, 15) is 9.59 Å². The van der Waals surface area contributed by atoms with E-state index in [2.05, 4.69) is 20.3 Å². The highest BCUT2D eigenvalue weighted by Crippen LogP contribution is 2.21. The Morgan fingerprint density at radius 1 is 1.50 bits per heavy atom. The van der Waals surface area contributed by atoms with Crippen molar-refractivity contribution in [2.75, 3.05) is 13.1 Å². The predicted molar refractivity (Wildman–Crippen MR) is 61.0 cm³/mol. The standard InChI is InChI=1S/C10H12N6O2/c17-9(8-12-10(18)14-13-8)15-5-2-7(6-15)16-4-1-3-11-16/h1,3-4,7H,2,5-6H2,(H2,12,13,14,18). The van der Waals surface area contributed by atoms with Gasteiger partial charge in [0, 0.05) is 25.5 Å². The molecule has 1 amide bonds. The predicted octanol–water partition coefficient (Wildman–Crippen LogP) is -0.618. The van der Waals surface area contributed by atoms with Gasteiger partial charge in [-0.3, -0.25) is 14.5 Å². The van der Waals surface area contributed by atoms with Gasteiger partial charge in [0.05, 0.1) is 6.04 Å². The maximum Gasteiger partial charge on any atom is 0.341 e. The number of nitrogens with zero attached hydrogens (tertiary/aromatic N) is 4. The van der Waals surface area contributed by atoms with Gasteiger partial charge in [-0.25, -0.2) is 9.89 Å². The summed E-state index contributed by atoms with van der Waals surface area (Å²) in [7, 11) is 0. The number of rotatable bonds is 2. The molecule has 3 rings (SSSR count). The van der Waals surface area contributed by atoms with Crippen LogP contribution in [-0.2, 0) is 0 Å². The summed E-state index contributed by atoms with van der Waals surface area (Å²) in [4.78, 5) is 27.0. The molecule has 1 aliphatic heterocycles. The molecule has 3 heterocycles. The SMILES string of the molecule is O=C(c1n[nH]c(=O)[nH]1)N1CCC(n2cccn2)C1. The van der Waals surface area contributed by atoms with E-state index in [1.54, 1.807) is 11.1 Å². The van der Waals surface area contributed by atoms with Gasteiger partial charge in [0.25, 0.3) is 5.91 Å². The summed E-state index contributed by atoms with van der Waals surface area (Å²) in [6, 6.07) is 2.05. The molecule has 0 bridgehead atoms. The minimum absolute atomic E-state index is 0.0566. The van der Waals surface area contributed by atoms with Crippen LogP contribution in [0.1, 0.15) is 23.1 Å². The molecule has 18 heavy (non-hydrogen) atoms. The van der Waals surface area contributed by atoms with Gasteiger partial charge in [-0.15, -0.1) is 5.10 Å². The van der Waals surface area contributed by atoms with Gasteiger partial charge in [0.2, 0.25) is 5.82 Å². The van der Waals surface area contributed by atoms with Gasteiger partial charge in [-0.05, 0) is 12.5 Å². The zero-order valence-electron chi connectivity index (χ0n) is 9.54. The number of aromatic amines is 2. The van der Waals surface area contributed by atoms with E-state index in [1.165, 1.54) is 0 Å². The van der Waals surface area contributed by atoms with Gasteiger partial charge < -0.3 is 4.90 Å². The quantitative estimate of drug-likeness (QED) is 0.739. The molecule has 1 fully saturated rings. The third-order valence-electron chi connectivity index (χ3n) is 3.05. The molecule has 0 aliphatic carbocycles. The van der Waals surface area contributed by atoms with E-state index in [4.69, 9.17) is 0 Å². The lowest BCUT2D eigenvalue weighted by atomic mass is 10.3. The van der Waals surface area contributed by atoms with Crippen molar-refractivity contribution >= 4 is 5.91 Å². The normalized spacial score (nSPS) is 19.3. The fourth-order valence-electron chi connectivity index (χ4n) is 2.16. The Bertz CT molecular complexity index is 598. The van der Waals surface area contributed by atoms with Gasteiger partial charge in [-0.2, -0.15) is 5.10 Å². The van der Waals surface area contributed by atoms with E-state index in [1.807, 2.05) is 16.9 Å². The Labute approximate surface area is 102 Å². The average molecular weight is 248 g/mol. The zero-order valence-corrected chi connectivity index (χ0v) is 9.54. The van der Waals surface area contributed by atoms with Gasteiger partial charge in [0.15, 0.2) is 0 Å². The summed E-state index contributed by atoms with van der Waals surface area (Å²) in [6.07, 6.45) is 4.45. The van der Waals surface area contributed by atoms with Crippen LogP contribution in [0.3, 0.4) is 0 Å². The Balaban J connectivity index is 1.72. The number of hydrogen-bond donors (Lipinski definition) is 2. The van der Waals surface area contributed by atoms with Crippen molar-refractivity contribution in [1.82, 2.24) is 29.9 Å². The Kier molecular flexibility index (Phi) is 2.47. The number of likely N-dealkylation sites (tertiary alicyclic amines) is 1. The topological polar surface area (TPSA) is 99.7 Å². The molecule has 8 nitrogen and oxygen atoms in total. The highest BCUT2D eigenvalue weighted by Gasteiger charge is 2.29. The van der Waals surface area contributed by atoms with Crippen LogP contribution in [0.5, 0.6) is 0 Å². The molecule has 1 aliphatic rings. The summed E-state index contributed by atoms with van der Waals surface area (Å²) in [5, 5.41) is 9.99. The number of H-pyrrole nitrogens is 2. The zero-order chi connectivity index (χ0) is 12.5. The molecule has 0 radical (unpaired) electrons. The number of hydrogen-bond acceptors (Lipinski definition) is 4. The highest BCUT2D eigenvalue weighted by atomic mass is 16.2. The number of aromatic nitrogens is 5. The van der Waals surface area contributed by atoms with E-state index in [0.29, 0.717) is 13.1 Å². The monoisotopic (exact) mass is 248 g/mol. The van der Waals surface area contributed by atoms with Crippen LogP contribution in [-0.4, -0.2) is 48.9 Å². The highest BCUT2D eigenvalue weighted by molar-refractivity contribution is 5.90. The third-order valence-corrected chi connectivity index (χ3v) is 3.05. The van der Waals surface area contributed by atoms with Gasteiger partial charge in [0.1, 0.15) is 0 Å². The fourth-order valence-corrected chi connectivity index (χ4v) is 2.16. The van der Waals surface area contributed by atoms with Crippen LogP contribution in [0.25, 0.3) is 0 Å². The Morgan fingerprint density at radius 2 is 2.39 bits per heavy atom. The second-order valence-corrected chi connectivity index (χ2v) is 4.21. The maximum absolute atomic E-state index is 12.0. The van der Waals surface area contributed by atoms with Gasteiger partial charge >= 0.3 is 5.69 Å². The lowest BCUT2D eigenvalue weighted by molar-refractivity contribution is 0.0775. The molecule has 1 unspecified atom stereocenters. The lowest BCUT2D eigenvalue weighted by Gasteiger charge is -2.14. The molecule has 0 spiro atoms. The summed E-state index contributed by atoms with van der Waals surface area (Å²) >= 11 is 0. The molecule has 1 saturated heterocycles.